The third-order valence-corrected chi connectivity index (χ3v) is 8.22. The van der Waals surface area contributed by atoms with E-state index in [1.165, 1.54) is 51.0 Å². The van der Waals surface area contributed by atoms with E-state index in [-0.39, 0.29) is 8.65 Å². The quantitative estimate of drug-likeness (QED) is 0.351. The van der Waals surface area contributed by atoms with Crippen molar-refractivity contribution in [2.75, 3.05) is 13.6 Å². The Bertz CT molecular complexity index is 813. The van der Waals surface area contributed by atoms with E-state index in [1.807, 2.05) is 0 Å². The van der Waals surface area contributed by atoms with Crippen molar-refractivity contribution in [1.82, 2.24) is 4.90 Å². The smallest absolute Gasteiger partial charge is 0.0587 e. The molecule has 4 rings (SSSR count). The van der Waals surface area contributed by atoms with Crippen molar-refractivity contribution in [2.24, 2.45) is 0 Å². The third-order valence-electron chi connectivity index (χ3n) is 5.78. The van der Waals surface area contributed by atoms with E-state index in [9.17, 15) is 0 Å². The van der Waals surface area contributed by atoms with Crippen LogP contribution in [0.5, 0.6) is 0 Å². The van der Waals surface area contributed by atoms with Crippen LogP contribution < -0.4 is 0 Å². The fraction of sp³-hybridized carbons (Fsp3) is 0.480. The Hall–Kier alpha value is -1.15. The Balaban J connectivity index is 0.000000755. The van der Waals surface area contributed by atoms with E-state index in [0.717, 1.165) is 13.1 Å². The van der Waals surface area contributed by atoms with Gasteiger partial charge in [-0.1, -0.05) is 80.4 Å². The van der Waals surface area contributed by atoms with Gasteiger partial charge in [0, 0.05) is 13.5 Å². The van der Waals surface area contributed by atoms with Crippen molar-refractivity contribution in [2.45, 2.75) is 60.6 Å². The maximum Gasteiger partial charge on any atom is 0.0587 e. The van der Waals surface area contributed by atoms with Crippen molar-refractivity contribution in [3.05, 3.63) is 70.8 Å². The molecule has 0 atom stereocenters. The minimum atomic E-state index is 0.256. The van der Waals surface area contributed by atoms with Crippen LogP contribution in [0.3, 0.4) is 0 Å². The number of nitriles is 1. The largest absolute Gasteiger partial charge is 0.302 e. The van der Waals surface area contributed by atoms with Gasteiger partial charge < -0.3 is 4.90 Å². The summed E-state index contributed by atoms with van der Waals surface area (Å²) in [6, 6.07) is 19.5. The maximum atomic E-state index is 7.32. The lowest BCUT2D eigenvalue weighted by atomic mass is 9.91. The van der Waals surface area contributed by atoms with E-state index in [0.29, 0.717) is 0 Å². The van der Waals surface area contributed by atoms with Crippen LogP contribution in [0.25, 0.3) is 0 Å². The first-order valence-electron chi connectivity index (χ1n) is 10.5. The molecule has 154 valence electrons. The molecule has 2 aromatic rings. The average Bonchev–Trinajstić information content (AvgIpc) is 3.63. The third kappa shape index (κ3) is 5.94. The van der Waals surface area contributed by atoms with Crippen LogP contribution in [0.2, 0.25) is 0 Å². The second-order valence-electron chi connectivity index (χ2n) is 8.31. The molecule has 29 heavy (non-hydrogen) atoms. The molecular weight excluding hydrogens is 488 g/mol. The van der Waals surface area contributed by atoms with Crippen LogP contribution in [-0.2, 0) is 21.6 Å². The summed E-state index contributed by atoms with van der Waals surface area (Å²) in [6.45, 7) is 3.59. The minimum absolute atomic E-state index is 0.256. The Kier molecular flexibility index (Phi) is 7.59. The molecule has 0 heterocycles. The summed E-state index contributed by atoms with van der Waals surface area (Å²) in [6.07, 6.45) is 7.46. The zero-order valence-corrected chi connectivity index (χ0v) is 20.6. The number of nitrogens with zero attached hydrogens (tertiary/aromatic N) is 2. The molecule has 0 bridgehead atoms. The second kappa shape index (κ2) is 9.77. The molecule has 2 fully saturated rings. The molecule has 0 aromatic heterocycles. The summed E-state index contributed by atoms with van der Waals surface area (Å²) in [5, 5.41) is 7.32. The van der Waals surface area contributed by atoms with Crippen molar-refractivity contribution in [3.63, 3.8) is 0 Å². The molecule has 0 amide bonds. The SMILES string of the molecule is CC#N.CN(CCCc1c(C2(Br)CC2)cccc1C1(Br)CC1)Cc1ccccc1. The Labute approximate surface area is 192 Å². The highest BCUT2D eigenvalue weighted by atomic mass is 79.9. The number of alkyl halides is 2. The molecule has 4 heteroatoms. The highest BCUT2D eigenvalue weighted by Crippen LogP contribution is 2.59. The predicted molar refractivity (Wildman–Crippen MR) is 129 cm³/mol. The molecule has 0 aliphatic heterocycles. The van der Waals surface area contributed by atoms with E-state index in [2.05, 4.69) is 92.3 Å². The zero-order valence-electron chi connectivity index (χ0n) is 17.4. The Morgan fingerprint density at radius 2 is 1.45 bits per heavy atom. The molecule has 0 spiro atoms. The first-order chi connectivity index (χ1) is 13.9. The topological polar surface area (TPSA) is 27.0 Å². The molecule has 0 N–H and O–H groups in total. The fourth-order valence-electron chi connectivity index (χ4n) is 3.95. The highest BCUT2D eigenvalue weighted by molar-refractivity contribution is 9.10. The Morgan fingerprint density at radius 3 is 1.93 bits per heavy atom. The summed E-state index contributed by atoms with van der Waals surface area (Å²) in [4.78, 5) is 2.44. The summed E-state index contributed by atoms with van der Waals surface area (Å²) in [5.41, 5.74) is 6.09. The fourth-order valence-corrected chi connectivity index (χ4v) is 5.09. The molecule has 2 aliphatic carbocycles. The normalized spacial score (nSPS) is 17.8. The first-order valence-corrected chi connectivity index (χ1v) is 12.0. The number of halogens is 2. The highest BCUT2D eigenvalue weighted by Gasteiger charge is 2.47. The Morgan fingerprint density at radius 1 is 0.931 bits per heavy atom. The lowest BCUT2D eigenvalue weighted by Crippen LogP contribution is -2.20. The van der Waals surface area contributed by atoms with Crippen LogP contribution in [-0.4, -0.2) is 18.5 Å². The van der Waals surface area contributed by atoms with Crippen LogP contribution >= 0.6 is 31.9 Å². The molecule has 0 saturated heterocycles. The summed E-state index contributed by atoms with van der Waals surface area (Å²) < 4.78 is 0.513. The maximum absolute atomic E-state index is 7.32. The lowest BCUT2D eigenvalue weighted by molar-refractivity contribution is 0.322. The van der Waals surface area contributed by atoms with E-state index in [4.69, 9.17) is 5.26 Å². The molecule has 2 aliphatic rings. The summed E-state index contributed by atoms with van der Waals surface area (Å²) in [7, 11) is 2.24. The number of benzene rings is 2. The second-order valence-corrected chi connectivity index (χ2v) is 11.3. The van der Waals surface area contributed by atoms with E-state index < -0.39 is 0 Å². The molecular formula is C25H30Br2N2. The summed E-state index contributed by atoms with van der Waals surface area (Å²) in [5.74, 6) is 0. The van der Waals surface area contributed by atoms with Gasteiger partial charge in [0.05, 0.1) is 14.7 Å². The molecule has 2 saturated carbocycles. The van der Waals surface area contributed by atoms with Crippen molar-refractivity contribution in [1.29, 1.82) is 5.26 Å². The van der Waals surface area contributed by atoms with E-state index in [1.54, 1.807) is 22.8 Å². The van der Waals surface area contributed by atoms with Gasteiger partial charge in [-0.05, 0) is 74.4 Å². The molecule has 0 radical (unpaired) electrons. The van der Waals surface area contributed by atoms with Crippen LogP contribution in [0, 0.1) is 11.3 Å². The van der Waals surface area contributed by atoms with Gasteiger partial charge in [0.1, 0.15) is 0 Å². The van der Waals surface area contributed by atoms with Crippen molar-refractivity contribution >= 4 is 31.9 Å². The van der Waals surface area contributed by atoms with Crippen LogP contribution in [0.15, 0.2) is 48.5 Å². The number of rotatable bonds is 8. The van der Waals surface area contributed by atoms with Gasteiger partial charge >= 0.3 is 0 Å². The monoisotopic (exact) mass is 516 g/mol. The summed E-state index contributed by atoms with van der Waals surface area (Å²) >= 11 is 8.02. The first kappa shape index (κ1) is 22.5. The standard InChI is InChI=1S/C23H27Br2N.C2H3N/c1-26(17-18-7-3-2-4-8-18)16-6-9-19-20(22(24)12-13-22)10-5-11-21(19)23(25)14-15-23;1-2-3/h2-5,7-8,10-11H,6,9,12-17H2,1H3;1H3. The van der Waals surface area contributed by atoms with Gasteiger partial charge in [-0.25, -0.2) is 0 Å². The van der Waals surface area contributed by atoms with Crippen LogP contribution in [0.1, 0.15) is 61.3 Å². The van der Waals surface area contributed by atoms with Gasteiger partial charge in [0.15, 0.2) is 0 Å². The lowest BCUT2D eigenvalue weighted by Gasteiger charge is -2.22. The minimum Gasteiger partial charge on any atom is -0.302 e. The van der Waals surface area contributed by atoms with Crippen molar-refractivity contribution < 1.29 is 0 Å². The van der Waals surface area contributed by atoms with Gasteiger partial charge in [-0.15, -0.1) is 0 Å². The molecule has 2 aromatic carbocycles. The van der Waals surface area contributed by atoms with E-state index >= 15 is 0 Å². The van der Waals surface area contributed by atoms with Gasteiger partial charge in [-0.2, -0.15) is 5.26 Å². The molecule has 0 unspecified atom stereocenters. The predicted octanol–water partition coefficient (Wildman–Crippen LogP) is 7.05. The van der Waals surface area contributed by atoms with Gasteiger partial charge in [0.25, 0.3) is 0 Å². The van der Waals surface area contributed by atoms with Gasteiger partial charge in [-0.3, -0.25) is 0 Å². The molecule has 2 nitrogen and oxygen atoms in total. The number of hydrogen-bond donors (Lipinski definition) is 0. The van der Waals surface area contributed by atoms with Gasteiger partial charge in [0.2, 0.25) is 0 Å². The zero-order chi connectivity index (χ0) is 20.9. The number of hydrogen-bond acceptors (Lipinski definition) is 2. The van der Waals surface area contributed by atoms with Crippen LogP contribution in [0.4, 0.5) is 0 Å². The van der Waals surface area contributed by atoms with Crippen molar-refractivity contribution in [3.8, 4) is 6.07 Å². The average molecular weight is 518 g/mol.